The molecule has 10 heavy (non-hydrogen) atoms. The van der Waals surface area contributed by atoms with Crippen LogP contribution in [-0.2, 0) is 0 Å². The molecule has 0 atom stereocenters. The molecule has 0 saturated carbocycles. The zero-order valence-electron chi connectivity index (χ0n) is 5.02. The molecule has 1 radical (unpaired) electrons. The predicted octanol–water partition coefficient (Wildman–Crippen LogP) is 0.220. The third-order valence-electron chi connectivity index (χ3n) is 1.12. The van der Waals surface area contributed by atoms with E-state index < -0.39 is 0 Å². The monoisotopic (exact) mass is 131 g/mol. The third kappa shape index (κ3) is 0.699. The molecular weight excluding hydrogens is 128 g/mol. The standard InChI is InChI=1S/C6H3N4/c1-2-9-10-6-3-7-4-8-5(1)6/h1-2,4H. The Hall–Kier alpha value is -1.58. The lowest BCUT2D eigenvalue weighted by atomic mass is 10.4. The van der Waals surface area contributed by atoms with E-state index in [4.69, 9.17) is 0 Å². The topological polar surface area (TPSA) is 51.6 Å². The lowest BCUT2D eigenvalue weighted by Gasteiger charge is -1.88. The lowest BCUT2D eigenvalue weighted by Crippen LogP contribution is -1.85. The molecule has 0 fully saturated rings. The third-order valence-corrected chi connectivity index (χ3v) is 1.12. The lowest BCUT2D eigenvalue weighted by molar-refractivity contribution is 1.05. The molecular formula is C6H3N4. The number of rotatable bonds is 0. The molecule has 2 aromatic heterocycles. The number of fused-ring (bicyclic) bond motifs is 1. The zero-order chi connectivity index (χ0) is 6.81. The molecule has 0 N–H and O–H groups in total. The van der Waals surface area contributed by atoms with Gasteiger partial charge < -0.3 is 0 Å². The van der Waals surface area contributed by atoms with Gasteiger partial charge in [0.25, 0.3) is 0 Å². The fraction of sp³-hybridized carbons (Fsp3) is 0. The van der Waals surface area contributed by atoms with Crippen LogP contribution in [0, 0.1) is 6.20 Å². The molecule has 4 nitrogen and oxygen atoms in total. The number of hydrogen-bond acceptors (Lipinski definition) is 4. The Kier molecular flexibility index (Phi) is 1.04. The molecule has 0 spiro atoms. The Morgan fingerprint density at radius 2 is 2.40 bits per heavy atom. The van der Waals surface area contributed by atoms with E-state index in [-0.39, 0.29) is 0 Å². The Morgan fingerprint density at radius 1 is 1.40 bits per heavy atom. The summed E-state index contributed by atoms with van der Waals surface area (Å²) in [4.78, 5) is 7.61. The minimum absolute atomic E-state index is 0.602. The average molecular weight is 131 g/mol. The highest BCUT2D eigenvalue weighted by Gasteiger charge is 1.91. The number of hydrogen-bond donors (Lipinski definition) is 0. The van der Waals surface area contributed by atoms with Gasteiger partial charge in [0.2, 0.25) is 0 Å². The van der Waals surface area contributed by atoms with E-state index in [1.54, 1.807) is 12.3 Å². The van der Waals surface area contributed by atoms with Crippen LogP contribution < -0.4 is 0 Å². The molecule has 0 bridgehead atoms. The molecule has 0 aliphatic carbocycles. The summed E-state index contributed by atoms with van der Waals surface area (Å²) < 4.78 is 0. The molecule has 2 heterocycles. The molecule has 2 aromatic rings. The maximum atomic E-state index is 3.94. The molecule has 47 valence electrons. The highest BCUT2D eigenvalue weighted by atomic mass is 15.1. The maximum absolute atomic E-state index is 3.94. The molecule has 0 saturated heterocycles. The van der Waals surface area contributed by atoms with E-state index in [0.29, 0.717) is 5.52 Å². The van der Waals surface area contributed by atoms with Gasteiger partial charge in [-0.1, -0.05) is 0 Å². The van der Waals surface area contributed by atoms with Gasteiger partial charge in [0.05, 0.1) is 11.7 Å². The van der Waals surface area contributed by atoms with Crippen molar-refractivity contribution in [2.45, 2.75) is 0 Å². The van der Waals surface area contributed by atoms with Crippen molar-refractivity contribution >= 4 is 11.0 Å². The Balaban J connectivity index is 2.89. The first-order valence-corrected chi connectivity index (χ1v) is 2.77. The SMILES string of the molecule is [c]1ncnc2ccnnc12. The van der Waals surface area contributed by atoms with Crippen molar-refractivity contribution in [3.8, 4) is 0 Å². The van der Waals surface area contributed by atoms with Crippen LogP contribution in [0.2, 0.25) is 0 Å². The summed E-state index contributed by atoms with van der Waals surface area (Å²) in [6.45, 7) is 0. The van der Waals surface area contributed by atoms with Crippen LogP contribution in [-0.4, -0.2) is 20.2 Å². The van der Waals surface area contributed by atoms with Gasteiger partial charge in [0, 0.05) is 0 Å². The van der Waals surface area contributed by atoms with Crippen LogP contribution in [0.5, 0.6) is 0 Å². The second-order valence-electron chi connectivity index (χ2n) is 1.75. The van der Waals surface area contributed by atoms with Crippen molar-refractivity contribution in [3.05, 3.63) is 24.8 Å². The van der Waals surface area contributed by atoms with Gasteiger partial charge in [-0.2, -0.15) is 5.10 Å². The van der Waals surface area contributed by atoms with Crippen LogP contribution in [0.1, 0.15) is 0 Å². The van der Waals surface area contributed by atoms with E-state index in [1.807, 2.05) is 0 Å². The van der Waals surface area contributed by atoms with Gasteiger partial charge in [-0.3, -0.25) is 0 Å². The molecule has 0 unspecified atom stereocenters. The molecule has 0 aliphatic heterocycles. The summed E-state index contributed by atoms with van der Waals surface area (Å²) in [6.07, 6.45) is 5.69. The smallest absolute Gasteiger partial charge is 0.139 e. The quantitative estimate of drug-likeness (QED) is 0.513. The minimum Gasteiger partial charge on any atom is -0.235 e. The second kappa shape index (κ2) is 1.98. The Bertz CT molecular complexity index is 281. The molecule has 0 amide bonds. The predicted molar refractivity (Wildman–Crippen MR) is 34.0 cm³/mol. The molecule has 0 aromatic carbocycles. The first-order valence-electron chi connectivity index (χ1n) is 2.77. The Morgan fingerprint density at radius 3 is 3.30 bits per heavy atom. The van der Waals surface area contributed by atoms with Gasteiger partial charge in [0.15, 0.2) is 0 Å². The van der Waals surface area contributed by atoms with Gasteiger partial charge >= 0.3 is 0 Å². The van der Waals surface area contributed by atoms with E-state index in [1.165, 1.54) is 6.33 Å². The van der Waals surface area contributed by atoms with Crippen molar-refractivity contribution in [3.63, 3.8) is 0 Å². The first-order chi connectivity index (χ1) is 4.97. The molecule has 2 rings (SSSR count). The second-order valence-corrected chi connectivity index (χ2v) is 1.75. The van der Waals surface area contributed by atoms with Gasteiger partial charge in [-0.05, 0) is 6.07 Å². The number of nitrogens with zero attached hydrogens (tertiary/aromatic N) is 4. The van der Waals surface area contributed by atoms with E-state index in [9.17, 15) is 0 Å². The van der Waals surface area contributed by atoms with Crippen LogP contribution in [0.25, 0.3) is 11.0 Å². The summed E-state index contributed by atoms with van der Waals surface area (Å²) in [5, 5.41) is 7.40. The van der Waals surface area contributed by atoms with Gasteiger partial charge in [0.1, 0.15) is 18.0 Å². The van der Waals surface area contributed by atoms with Crippen molar-refractivity contribution in [1.29, 1.82) is 0 Å². The number of aromatic nitrogens is 4. The van der Waals surface area contributed by atoms with Gasteiger partial charge in [-0.15, -0.1) is 5.10 Å². The summed E-state index contributed by atoms with van der Waals surface area (Å²) in [5.41, 5.74) is 1.37. The van der Waals surface area contributed by atoms with Crippen molar-refractivity contribution in [2.75, 3.05) is 0 Å². The van der Waals surface area contributed by atoms with Gasteiger partial charge in [-0.25, -0.2) is 9.97 Å². The van der Waals surface area contributed by atoms with E-state index in [0.717, 1.165) is 5.52 Å². The fourth-order valence-corrected chi connectivity index (χ4v) is 0.690. The van der Waals surface area contributed by atoms with Crippen LogP contribution in [0.4, 0.5) is 0 Å². The summed E-state index contributed by atoms with van der Waals surface area (Å²) in [6, 6.07) is 1.76. The summed E-state index contributed by atoms with van der Waals surface area (Å²) in [5.74, 6) is 0. The summed E-state index contributed by atoms with van der Waals surface area (Å²) in [7, 11) is 0. The van der Waals surface area contributed by atoms with Crippen molar-refractivity contribution < 1.29 is 0 Å². The molecule has 0 aliphatic rings. The largest absolute Gasteiger partial charge is 0.235 e. The minimum atomic E-state index is 0.602. The highest BCUT2D eigenvalue weighted by Crippen LogP contribution is 1.99. The van der Waals surface area contributed by atoms with E-state index in [2.05, 4.69) is 26.4 Å². The highest BCUT2D eigenvalue weighted by molar-refractivity contribution is 5.70. The zero-order valence-corrected chi connectivity index (χ0v) is 5.02. The fourth-order valence-electron chi connectivity index (χ4n) is 0.690. The van der Waals surface area contributed by atoms with Crippen LogP contribution >= 0.6 is 0 Å². The normalized spacial score (nSPS) is 10.0. The van der Waals surface area contributed by atoms with Crippen LogP contribution in [0.3, 0.4) is 0 Å². The average Bonchev–Trinajstić information content (AvgIpc) is 2.05. The van der Waals surface area contributed by atoms with E-state index >= 15 is 0 Å². The van der Waals surface area contributed by atoms with Crippen LogP contribution in [0.15, 0.2) is 18.6 Å². The van der Waals surface area contributed by atoms with Crippen molar-refractivity contribution in [1.82, 2.24) is 20.2 Å². The Labute approximate surface area is 57.0 Å². The summed E-state index contributed by atoms with van der Waals surface area (Å²) >= 11 is 0. The first kappa shape index (κ1) is 5.22. The molecule has 4 heteroatoms. The maximum Gasteiger partial charge on any atom is 0.139 e. The van der Waals surface area contributed by atoms with Crippen molar-refractivity contribution in [2.24, 2.45) is 0 Å².